The summed E-state index contributed by atoms with van der Waals surface area (Å²) in [6.45, 7) is 6.75. The van der Waals surface area contributed by atoms with E-state index < -0.39 is 10.0 Å². The van der Waals surface area contributed by atoms with Gasteiger partial charge in [-0.05, 0) is 35.3 Å². The second kappa shape index (κ2) is 7.06. The molecule has 0 saturated carbocycles. The summed E-state index contributed by atoms with van der Waals surface area (Å²) in [5, 5.41) is 9.15. The third kappa shape index (κ3) is 3.68. The van der Waals surface area contributed by atoms with Crippen molar-refractivity contribution in [3.8, 4) is 0 Å². The third-order valence-corrected chi connectivity index (χ3v) is 8.10. The number of piperazine rings is 1. The molecule has 1 aromatic heterocycles. The Kier molecular flexibility index (Phi) is 5.84. The van der Waals surface area contributed by atoms with Gasteiger partial charge in [-0.15, -0.1) is 11.3 Å². The minimum Gasteiger partial charge on any atom is -0.391 e. The van der Waals surface area contributed by atoms with Crippen LogP contribution >= 0.6 is 27.3 Å². The fourth-order valence-corrected chi connectivity index (χ4v) is 6.35. The van der Waals surface area contributed by atoms with Crippen LogP contribution in [0.2, 0.25) is 0 Å². The van der Waals surface area contributed by atoms with Gasteiger partial charge in [-0.3, -0.25) is 4.90 Å². The number of aliphatic hydroxyl groups excluding tert-OH is 1. The Morgan fingerprint density at radius 1 is 1.38 bits per heavy atom. The molecule has 0 aromatic carbocycles. The van der Waals surface area contributed by atoms with Gasteiger partial charge in [-0.25, -0.2) is 8.42 Å². The molecule has 0 spiro atoms. The van der Waals surface area contributed by atoms with Crippen LogP contribution in [0.25, 0.3) is 0 Å². The van der Waals surface area contributed by atoms with Crippen LogP contribution in [0.15, 0.2) is 14.7 Å². The molecular formula is C13H21BrN2O3S2. The lowest BCUT2D eigenvalue weighted by Gasteiger charge is -2.37. The third-order valence-electron chi connectivity index (χ3n) is 3.97. The van der Waals surface area contributed by atoms with Crippen LogP contribution in [0.4, 0.5) is 0 Å². The first kappa shape index (κ1) is 17.4. The molecule has 1 unspecified atom stereocenters. The molecule has 0 bridgehead atoms. The van der Waals surface area contributed by atoms with Crippen molar-refractivity contribution in [3.05, 3.63) is 14.7 Å². The first-order valence-electron chi connectivity index (χ1n) is 7.03. The summed E-state index contributed by atoms with van der Waals surface area (Å²) in [5.41, 5.74) is 0. The second-order valence-electron chi connectivity index (χ2n) is 5.21. The first-order valence-corrected chi connectivity index (χ1v) is 10.1. The largest absolute Gasteiger partial charge is 0.391 e. The first-order chi connectivity index (χ1) is 9.90. The van der Waals surface area contributed by atoms with E-state index in [1.165, 1.54) is 11.3 Å². The van der Waals surface area contributed by atoms with Crippen molar-refractivity contribution in [2.45, 2.75) is 37.8 Å². The highest BCUT2D eigenvalue weighted by atomic mass is 79.9. The van der Waals surface area contributed by atoms with Gasteiger partial charge in [0.1, 0.15) is 4.90 Å². The Bertz CT molecular complexity index is 580. The highest BCUT2D eigenvalue weighted by Gasteiger charge is 2.32. The molecule has 2 heterocycles. The summed E-state index contributed by atoms with van der Waals surface area (Å²) < 4.78 is 27.5. The van der Waals surface area contributed by atoms with Crippen LogP contribution in [0, 0.1) is 0 Å². The molecule has 2 rings (SSSR count). The van der Waals surface area contributed by atoms with Gasteiger partial charge in [0.2, 0.25) is 10.0 Å². The standard InChI is InChI=1S/C13H21BrN2O3S2/c1-3-10(2)15-4-6-16(7-5-15)21(18,19)12-8-11(9-17)20-13(12)14/h8,10,17H,3-7,9H2,1-2H3. The molecule has 5 nitrogen and oxygen atoms in total. The van der Waals surface area contributed by atoms with Gasteiger partial charge >= 0.3 is 0 Å². The average Bonchev–Trinajstić information content (AvgIpc) is 2.88. The van der Waals surface area contributed by atoms with Crippen molar-refractivity contribution in [1.29, 1.82) is 0 Å². The molecule has 1 aromatic rings. The van der Waals surface area contributed by atoms with Gasteiger partial charge in [-0.1, -0.05) is 6.92 Å². The summed E-state index contributed by atoms with van der Waals surface area (Å²) in [5.74, 6) is 0. The Morgan fingerprint density at radius 2 is 2.00 bits per heavy atom. The summed E-state index contributed by atoms with van der Waals surface area (Å²) in [7, 11) is -3.48. The van der Waals surface area contributed by atoms with Crippen LogP contribution in [0.1, 0.15) is 25.1 Å². The number of rotatable bonds is 5. The fraction of sp³-hybridized carbons (Fsp3) is 0.692. The second-order valence-corrected chi connectivity index (χ2v) is 9.57. The van der Waals surface area contributed by atoms with Crippen LogP contribution in [-0.4, -0.2) is 55.0 Å². The maximum absolute atomic E-state index is 12.7. The van der Waals surface area contributed by atoms with E-state index in [0.717, 1.165) is 19.5 Å². The zero-order chi connectivity index (χ0) is 15.6. The SMILES string of the molecule is CCC(C)N1CCN(S(=O)(=O)c2cc(CO)sc2Br)CC1. The van der Waals surface area contributed by atoms with Gasteiger partial charge in [0.25, 0.3) is 0 Å². The molecule has 1 fully saturated rings. The average molecular weight is 397 g/mol. The van der Waals surface area contributed by atoms with Crippen molar-refractivity contribution < 1.29 is 13.5 Å². The van der Waals surface area contributed by atoms with Crippen LogP contribution in [0.3, 0.4) is 0 Å². The van der Waals surface area contributed by atoms with E-state index in [1.54, 1.807) is 10.4 Å². The summed E-state index contributed by atoms with van der Waals surface area (Å²) in [6, 6.07) is 2.05. The van der Waals surface area contributed by atoms with Crippen LogP contribution < -0.4 is 0 Å². The van der Waals surface area contributed by atoms with Crippen molar-refractivity contribution in [2.24, 2.45) is 0 Å². The van der Waals surface area contributed by atoms with E-state index >= 15 is 0 Å². The molecule has 0 radical (unpaired) electrons. The number of sulfonamides is 1. The predicted molar refractivity (Wildman–Crippen MR) is 88.0 cm³/mol. The maximum atomic E-state index is 12.7. The Balaban J connectivity index is 2.13. The van der Waals surface area contributed by atoms with Crippen molar-refractivity contribution >= 4 is 37.3 Å². The lowest BCUT2D eigenvalue weighted by atomic mass is 10.2. The molecule has 21 heavy (non-hydrogen) atoms. The molecule has 1 N–H and O–H groups in total. The van der Waals surface area contributed by atoms with Gasteiger partial charge in [0.05, 0.1) is 10.4 Å². The van der Waals surface area contributed by atoms with E-state index in [2.05, 4.69) is 34.7 Å². The Labute approximate surface area is 138 Å². The van der Waals surface area contributed by atoms with Crippen LogP contribution in [0.5, 0.6) is 0 Å². The van der Waals surface area contributed by atoms with E-state index in [4.69, 9.17) is 5.11 Å². The summed E-state index contributed by atoms with van der Waals surface area (Å²) in [4.78, 5) is 3.25. The zero-order valence-electron chi connectivity index (χ0n) is 12.2. The van der Waals surface area contributed by atoms with E-state index in [1.807, 2.05) is 0 Å². The molecule has 1 atom stereocenters. The normalized spacial score (nSPS) is 19.8. The minimum atomic E-state index is -3.48. The predicted octanol–water partition coefficient (Wildman–Crippen LogP) is 2.11. The van der Waals surface area contributed by atoms with Gasteiger partial charge in [0.15, 0.2) is 0 Å². The Hall–Kier alpha value is 0.01000. The molecular weight excluding hydrogens is 376 g/mol. The van der Waals surface area contributed by atoms with Crippen LogP contribution in [-0.2, 0) is 16.6 Å². The Morgan fingerprint density at radius 3 is 2.48 bits per heavy atom. The summed E-state index contributed by atoms with van der Waals surface area (Å²) >= 11 is 4.56. The van der Waals surface area contributed by atoms with Gasteiger partial charge < -0.3 is 5.11 Å². The highest BCUT2D eigenvalue weighted by molar-refractivity contribution is 9.11. The smallest absolute Gasteiger partial charge is 0.245 e. The zero-order valence-corrected chi connectivity index (χ0v) is 15.5. The van der Waals surface area contributed by atoms with Gasteiger partial charge in [0, 0.05) is 37.1 Å². The van der Waals surface area contributed by atoms with Crippen molar-refractivity contribution in [2.75, 3.05) is 26.2 Å². The van der Waals surface area contributed by atoms with E-state index in [-0.39, 0.29) is 11.5 Å². The molecule has 1 saturated heterocycles. The number of hydrogen-bond donors (Lipinski definition) is 1. The molecule has 120 valence electrons. The van der Waals surface area contributed by atoms with E-state index in [0.29, 0.717) is 27.8 Å². The number of halogens is 1. The number of aliphatic hydroxyl groups is 1. The van der Waals surface area contributed by atoms with Gasteiger partial charge in [-0.2, -0.15) is 4.31 Å². The molecule has 0 aliphatic carbocycles. The van der Waals surface area contributed by atoms with E-state index in [9.17, 15) is 8.42 Å². The maximum Gasteiger partial charge on any atom is 0.245 e. The number of hydrogen-bond acceptors (Lipinski definition) is 5. The molecule has 8 heteroatoms. The fourth-order valence-electron chi connectivity index (χ4n) is 2.43. The lowest BCUT2D eigenvalue weighted by molar-refractivity contribution is 0.142. The van der Waals surface area contributed by atoms with Crippen molar-refractivity contribution in [3.63, 3.8) is 0 Å². The molecule has 1 aliphatic heterocycles. The summed E-state index contributed by atoms with van der Waals surface area (Å²) in [6.07, 6.45) is 1.07. The highest BCUT2D eigenvalue weighted by Crippen LogP contribution is 2.34. The quantitative estimate of drug-likeness (QED) is 0.827. The van der Waals surface area contributed by atoms with Crippen molar-refractivity contribution in [1.82, 2.24) is 9.21 Å². The molecule has 1 aliphatic rings. The number of nitrogens with zero attached hydrogens (tertiary/aromatic N) is 2. The number of thiophene rings is 1. The topological polar surface area (TPSA) is 60.9 Å². The lowest BCUT2D eigenvalue weighted by Crippen LogP contribution is -2.51. The minimum absolute atomic E-state index is 0.138. The monoisotopic (exact) mass is 396 g/mol. The molecule has 0 amide bonds.